The van der Waals surface area contributed by atoms with Crippen LogP contribution in [0.4, 0.5) is 65.9 Å². The number of carbonyl (C=O) groups excluding carboxylic acids is 7. The van der Waals surface area contributed by atoms with Crippen LogP contribution in [0.3, 0.4) is 0 Å². The fraction of sp³-hybridized carbons (Fsp3) is 0.315. The lowest BCUT2D eigenvalue weighted by Gasteiger charge is -2.13. The number of aryl methyl sites for hydroxylation is 4. The molecule has 1 heterocycles. The molecule has 9 rings (SSSR count). The normalized spacial score (nSPS) is 12.0. The Morgan fingerprint density at radius 1 is 0.545 bits per heavy atom. The number of carbonyl (C=O) groups is 3. The number of halogens is 17. The molecule has 678 valence electrons. The number of thioether (sulfide) groups is 2. The standard InChI is InChI=1S/C21H25F3O2S.C19H19F3O2S.C11H9F3O.C10H7F3O.C10H12O2S.C8H7F3O.C3H4O.CH2Cl2.2CO2.4CH4/c1-3-12-26-20-11-10-19(13-15(20)2)27-14-18(25)9-6-16-4-7-17(8-5-16)21(22,23)24;1-13-11-17(9-10-18(13)24-2)25-12-16(23)8-5-14-3-6-15(7-4-14)19(20,21)22;12-11(13,14)9-4-1-8(2-5-9)3-6-10-7-15-10;11-10(12,13)9-5-3-8(4-6-9)2-1-7-14;1-7-5-9(13)3-4-10(7)12-6-8(2)11;1-12-7-4-2-6(3-5-7)8(9,10)11;1-2-3-4;3*2-1-3;;;;/h4-5,7-8,10-11,13,18,25H,3,6,9,12,14H2,1-2H3;3-11,16,23H,12H2,1-2H3;1-6,10H,7H2;1-7H;3-5,13H,6H2,1-2H3;2-5H,1H3;2-3H,1H2;1H2;;;4*1H4/b;8-5+;6-3+;2-1+;;;;;;;;;;. The monoisotopic (exact) mass is 1840 g/mol. The van der Waals surface area contributed by atoms with E-state index in [1.807, 2.05) is 81.4 Å². The number of allylic oxidation sites excluding steroid dienone is 2. The van der Waals surface area contributed by atoms with Gasteiger partial charge in [0.15, 0.2) is 5.78 Å². The third kappa shape index (κ3) is 56.5. The number of aliphatic hydroxyl groups is 2. The molecule has 123 heavy (non-hydrogen) atoms. The maximum absolute atomic E-state index is 12.6. The molecule has 8 aromatic carbocycles. The lowest BCUT2D eigenvalue weighted by atomic mass is 10.1. The molecule has 1 fully saturated rings. The van der Waals surface area contributed by atoms with Crippen molar-refractivity contribution in [3.63, 3.8) is 0 Å². The summed E-state index contributed by atoms with van der Waals surface area (Å²) in [7, 11) is 3.02. The molecule has 0 spiro atoms. The van der Waals surface area contributed by atoms with Gasteiger partial charge in [-0.3, -0.25) is 14.4 Å². The number of Topliss-reactive ketones (excluding diaryl/α,β-unsaturated/α-hetero) is 1. The predicted molar refractivity (Wildman–Crippen MR) is 458 cm³/mol. The molecular formula is C89H101Cl2F15O14S3. The van der Waals surface area contributed by atoms with Crippen LogP contribution in [0, 0.1) is 20.8 Å². The largest absolute Gasteiger partial charge is 0.497 e. The molecule has 2 N–H and O–H groups in total. The second-order valence-electron chi connectivity index (χ2n) is 23.7. The van der Waals surface area contributed by atoms with Crippen molar-refractivity contribution in [2.45, 2.75) is 147 Å². The summed E-state index contributed by atoms with van der Waals surface area (Å²) >= 11 is 16.8. The van der Waals surface area contributed by atoms with Gasteiger partial charge in [0.05, 0.1) is 78.9 Å². The predicted octanol–water partition coefficient (Wildman–Crippen LogP) is 25.2. The van der Waals surface area contributed by atoms with Crippen molar-refractivity contribution in [1.29, 1.82) is 0 Å². The first-order chi connectivity index (χ1) is 56.0. The number of aliphatic hydroxyl groups excluding tert-OH is 2. The van der Waals surface area contributed by atoms with E-state index >= 15 is 0 Å². The van der Waals surface area contributed by atoms with Gasteiger partial charge in [-0.05, 0) is 225 Å². The molecule has 0 amide bonds. The highest BCUT2D eigenvalue weighted by Crippen LogP contribution is 2.35. The number of epoxide rings is 1. The van der Waals surface area contributed by atoms with E-state index in [1.165, 1.54) is 105 Å². The first-order valence-electron chi connectivity index (χ1n) is 34.5. The van der Waals surface area contributed by atoms with Gasteiger partial charge >= 0.3 is 43.2 Å². The van der Waals surface area contributed by atoms with E-state index in [2.05, 4.69) is 26.1 Å². The molecule has 0 aromatic heterocycles. The summed E-state index contributed by atoms with van der Waals surface area (Å²) in [5.41, 5.74) is 2.47. The van der Waals surface area contributed by atoms with Crippen LogP contribution in [0.15, 0.2) is 221 Å². The number of alkyl halides is 17. The minimum atomic E-state index is -4.34. The highest BCUT2D eigenvalue weighted by atomic mass is 35.5. The smallest absolute Gasteiger partial charge is 0.416 e. The van der Waals surface area contributed by atoms with E-state index in [4.69, 9.17) is 70.9 Å². The Morgan fingerprint density at radius 3 is 1.25 bits per heavy atom. The summed E-state index contributed by atoms with van der Waals surface area (Å²) in [6.07, 6.45) is -8.21. The van der Waals surface area contributed by atoms with E-state index in [0.29, 0.717) is 67.0 Å². The van der Waals surface area contributed by atoms with Crippen molar-refractivity contribution in [3.05, 3.63) is 274 Å². The molecular weight excluding hydrogens is 1750 g/mol. The van der Waals surface area contributed by atoms with E-state index < -0.39 is 70.9 Å². The second kappa shape index (κ2) is 65.8. The number of rotatable bonds is 24. The molecule has 1 saturated heterocycles. The Kier molecular flexibility index (Phi) is 65.1. The van der Waals surface area contributed by atoms with Gasteiger partial charge in [-0.15, -0.1) is 59.4 Å². The molecule has 0 bridgehead atoms. The van der Waals surface area contributed by atoms with Crippen molar-refractivity contribution in [3.8, 4) is 23.0 Å². The third-order valence-electron chi connectivity index (χ3n) is 14.4. The quantitative estimate of drug-likeness (QED) is 0.00977. The zero-order chi connectivity index (χ0) is 90.4. The summed E-state index contributed by atoms with van der Waals surface area (Å²) in [5.74, 6) is 3.86. The summed E-state index contributed by atoms with van der Waals surface area (Å²) < 4.78 is 210. The number of thiol groups is 1. The Morgan fingerprint density at radius 2 is 0.902 bits per heavy atom. The molecule has 8 aromatic rings. The van der Waals surface area contributed by atoms with Crippen LogP contribution in [0.1, 0.15) is 123 Å². The average molecular weight is 1850 g/mol. The Hall–Kier alpha value is -9.85. The first-order valence-corrected chi connectivity index (χ1v) is 38.0. The van der Waals surface area contributed by atoms with E-state index in [1.54, 1.807) is 37.1 Å². The van der Waals surface area contributed by atoms with Gasteiger partial charge in [0.2, 0.25) is 0 Å². The minimum absolute atomic E-state index is 0. The van der Waals surface area contributed by atoms with E-state index in [-0.39, 0.29) is 65.8 Å². The second-order valence-corrected chi connectivity index (χ2v) is 27.2. The summed E-state index contributed by atoms with van der Waals surface area (Å²) in [6.45, 7) is 14.1. The van der Waals surface area contributed by atoms with Gasteiger partial charge in [-0.25, -0.2) is 0 Å². The Bertz CT molecular complexity index is 4380. The summed E-state index contributed by atoms with van der Waals surface area (Å²) in [4.78, 5) is 65.1. The minimum Gasteiger partial charge on any atom is -0.497 e. The molecule has 34 heteroatoms. The molecule has 0 aliphatic carbocycles. The number of hydrogen-bond donors (Lipinski definition) is 3. The fourth-order valence-electron chi connectivity index (χ4n) is 8.60. The van der Waals surface area contributed by atoms with Gasteiger partial charge in [0.25, 0.3) is 0 Å². The van der Waals surface area contributed by atoms with Crippen LogP contribution in [0.5, 0.6) is 23.0 Å². The number of ether oxygens (including phenoxy) is 5. The van der Waals surface area contributed by atoms with Crippen LogP contribution >= 0.6 is 59.4 Å². The van der Waals surface area contributed by atoms with Gasteiger partial charge in [0.1, 0.15) is 42.2 Å². The number of aldehydes is 2. The van der Waals surface area contributed by atoms with Gasteiger partial charge in [-0.2, -0.15) is 85.0 Å². The fourth-order valence-corrected chi connectivity index (χ4v) is 10.7. The summed E-state index contributed by atoms with van der Waals surface area (Å²) in [5, 5.41) is 20.4. The van der Waals surface area contributed by atoms with Gasteiger partial charge in [0, 0.05) is 26.2 Å². The highest BCUT2D eigenvalue weighted by molar-refractivity contribution is 7.99. The SMILES string of the molecule is C.C.C.C.C=CC=O.CC(=O)COc1ccc(S)cc1C.CCCOc1ccc(SCC(O)CCc2ccc(C(F)(F)F)cc2)cc1C.COc1ccc(C(F)(F)F)cc1.COc1ccc(SCC(O)/C=C/c2ccc(C(F)(F)F)cc2)cc1C.ClCCl.FC(F)(F)c1ccc(/C=C/C2CO2)cc1.O=C/C=C/c1ccc(C(F)(F)F)cc1.O=C=O.O=C=O. The third-order valence-corrected chi connectivity index (χ3v) is 17.0. The molecule has 3 unspecified atom stereocenters. The first kappa shape index (κ1) is 122. The number of benzene rings is 8. The van der Waals surface area contributed by atoms with Crippen molar-refractivity contribution >= 4 is 108 Å². The molecule has 1 aliphatic rings. The highest BCUT2D eigenvalue weighted by Gasteiger charge is 2.33. The van der Waals surface area contributed by atoms with Crippen LogP contribution < -0.4 is 18.9 Å². The van der Waals surface area contributed by atoms with Crippen LogP contribution in [0.2, 0.25) is 0 Å². The maximum atomic E-state index is 12.6. The van der Waals surface area contributed by atoms with Crippen LogP contribution in [0.25, 0.3) is 18.2 Å². The number of methoxy groups -OCH3 is 2. The zero-order valence-corrected chi connectivity index (χ0v) is 68.8. The van der Waals surface area contributed by atoms with Crippen molar-refractivity contribution in [2.24, 2.45) is 0 Å². The van der Waals surface area contributed by atoms with Crippen molar-refractivity contribution in [2.75, 3.05) is 50.9 Å². The van der Waals surface area contributed by atoms with Gasteiger partial charge in [-0.1, -0.05) is 122 Å². The van der Waals surface area contributed by atoms with Crippen molar-refractivity contribution in [1.82, 2.24) is 0 Å². The molecule has 0 radical (unpaired) electrons. The van der Waals surface area contributed by atoms with E-state index in [0.717, 1.165) is 127 Å². The Balaban J connectivity index is -0.000000446. The Labute approximate surface area is 732 Å². The van der Waals surface area contributed by atoms with Crippen LogP contribution in [-0.4, -0.2) is 110 Å². The van der Waals surface area contributed by atoms with Gasteiger partial charge < -0.3 is 33.9 Å². The average Bonchev–Trinajstić information content (AvgIpc) is 0.904. The lowest BCUT2D eigenvalue weighted by molar-refractivity contribution is -0.193. The zero-order valence-electron chi connectivity index (χ0n) is 64.7. The molecule has 1 aliphatic heterocycles. The molecule has 3 atom stereocenters. The number of ketones is 1. The topological polar surface area (TPSA) is 209 Å². The van der Waals surface area contributed by atoms with Crippen LogP contribution in [-0.2, 0) is 75.6 Å². The summed E-state index contributed by atoms with van der Waals surface area (Å²) in [6, 6.07) is 41.4. The molecule has 14 nitrogen and oxygen atoms in total. The lowest BCUT2D eigenvalue weighted by Crippen LogP contribution is -2.11. The van der Waals surface area contributed by atoms with E-state index in [9.17, 15) is 85.7 Å². The maximum Gasteiger partial charge on any atom is 0.416 e. The molecule has 0 saturated carbocycles. The number of hydrogen-bond acceptors (Lipinski definition) is 17. The van der Waals surface area contributed by atoms with Crippen molar-refractivity contribution < 1.29 is 133 Å².